The summed E-state index contributed by atoms with van der Waals surface area (Å²) < 4.78 is 10.8. The van der Waals surface area contributed by atoms with Crippen molar-refractivity contribution in [2.75, 3.05) is 13.7 Å². The van der Waals surface area contributed by atoms with Gasteiger partial charge in [0.1, 0.15) is 5.75 Å². The fourth-order valence-electron chi connectivity index (χ4n) is 2.74. The van der Waals surface area contributed by atoms with Crippen LogP contribution in [-0.4, -0.2) is 23.8 Å². The maximum absolute atomic E-state index is 6.11. The van der Waals surface area contributed by atoms with Crippen molar-refractivity contribution in [3.8, 4) is 17.1 Å². The second-order valence-corrected chi connectivity index (χ2v) is 6.62. The second kappa shape index (κ2) is 9.35. The Morgan fingerprint density at radius 1 is 1.19 bits per heavy atom. The van der Waals surface area contributed by atoms with Crippen LogP contribution in [0.3, 0.4) is 0 Å². The molecule has 6 heteroatoms. The maximum Gasteiger partial charge on any atom is 0.254 e. The van der Waals surface area contributed by atoms with Gasteiger partial charge >= 0.3 is 0 Å². The van der Waals surface area contributed by atoms with Crippen LogP contribution in [0.1, 0.15) is 30.7 Å². The number of quaternary nitrogens is 1. The monoisotopic (exact) mass is 384 g/mol. The number of methoxy groups -OCH3 is 1. The first kappa shape index (κ1) is 19.1. The van der Waals surface area contributed by atoms with Gasteiger partial charge in [0.25, 0.3) is 5.89 Å². The van der Waals surface area contributed by atoms with Crippen LogP contribution in [0.15, 0.2) is 53.1 Å². The van der Waals surface area contributed by atoms with Crippen LogP contribution in [-0.2, 0) is 0 Å². The third-order valence-electron chi connectivity index (χ3n) is 4.18. The first-order chi connectivity index (χ1) is 13.2. The number of rotatable bonds is 8. The van der Waals surface area contributed by atoms with E-state index in [0.29, 0.717) is 16.7 Å². The smallest absolute Gasteiger partial charge is 0.254 e. The lowest BCUT2D eigenvalue weighted by atomic mass is 10.0. The molecule has 0 unspecified atom stereocenters. The van der Waals surface area contributed by atoms with E-state index in [1.54, 1.807) is 7.11 Å². The number of hydrogen-bond acceptors (Lipinski definition) is 4. The van der Waals surface area contributed by atoms with E-state index in [4.69, 9.17) is 20.9 Å². The van der Waals surface area contributed by atoms with Crippen molar-refractivity contribution in [1.29, 1.82) is 0 Å². The number of benzene rings is 2. The minimum Gasteiger partial charge on any atom is -0.497 e. The van der Waals surface area contributed by atoms with Crippen LogP contribution < -0.4 is 10.5 Å². The molecule has 0 aliphatic carbocycles. The van der Waals surface area contributed by atoms with Gasteiger partial charge in [-0.3, -0.25) is 0 Å². The lowest BCUT2D eigenvalue weighted by Crippen LogP contribution is -2.50. The average molecular weight is 385 g/mol. The molecule has 0 spiro atoms. The summed E-state index contributed by atoms with van der Waals surface area (Å²) >= 11 is 6.11. The molecular weight excluding hydrogens is 362 g/mol. The second-order valence-electron chi connectivity index (χ2n) is 6.19. The minimum atomic E-state index is 0.532. The van der Waals surface area contributed by atoms with E-state index < -0.39 is 0 Å². The van der Waals surface area contributed by atoms with Crippen LogP contribution in [0.25, 0.3) is 23.0 Å². The molecule has 0 aliphatic rings. The van der Waals surface area contributed by atoms with Crippen molar-refractivity contribution in [2.24, 2.45) is 0 Å². The quantitative estimate of drug-likeness (QED) is 0.586. The Morgan fingerprint density at radius 2 is 2.00 bits per heavy atom. The van der Waals surface area contributed by atoms with Crippen molar-refractivity contribution in [3.63, 3.8) is 0 Å². The van der Waals surface area contributed by atoms with Gasteiger partial charge in [-0.1, -0.05) is 28.9 Å². The van der Waals surface area contributed by atoms with Gasteiger partial charge in [-0.15, -0.1) is 0 Å². The van der Waals surface area contributed by atoms with E-state index in [0.717, 1.165) is 48.3 Å². The first-order valence-electron chi connectivity index (χ1n) is 8.93. The van der Waals surface area contributed by atoms with Gasteiger partial charge in [0.05, 0.1) is 13.7 Å². The molecule has 0 fully saturated rings. The van der Waals surface area contributed by atoms with E-state index in [9.17, 15) is 0 Å². The van der Waals surface area contributed by atoms with E-state index >= 15 is 0 Å². The van der Waals surface area contributed by atoms with Crippen molar-refractivity contribution in [2.45, 2.75) is 19.3 Å². The minimum absolute atomic E-state index is 0.532. The van der Waals surface area contributed by atoms with Gasteiger partial charge < -0.3 is 15.0 Å². The summed E-state index contributed by atoms with van der Waals surface area (Å²) in [5.74, 6) is 1.88. The largest absolute Gasteiger partial charge is 0.497 e. The van der Waals surface area contributed by atoms with Gasteiger partial charge in [0.15, 0.2) is 0 Å². The molecule has 0 saturated carbocycles. The lowest BCUT2D eigenvalue weighted by molar-refractivity contribution is -0.368. The highest BCUT2D eigenvalue weighted by Crippen LogP contribution is 2.26. The normalized spacial score (nSPS) is 11.6. The Kier molecular flexibility index (Phi) is 6.63. The zero-order valence-electron chi connectivity index (χ0n) is 15.3. The van der Waals surface area contributed by atoms with E-state index in [1.165, 1.54) is 0 Å². The van der Waals surface area contributed by atoms with Crippen LogP contribution in [0.4, 0.5) is 0 Å². The highest BCUT2D eigenvalue weighted by atomic mass is 35.5. The SMILES string of the molecule is COc1ccc(-c2noc(/C(=C/c3cccc(Cl)c3)CCCC[NH3+])n2)cc1. The lowest BCUT2D eigenvalue weighted by Gasteiger charge is -2.03. The number of nitrogens with zero attached hydrogens (tertiary/aromatic N) is 2. The third-order valence-corrected chi connectivity index (χ3v) is 4.42. The van der Waals surface area contributed by atoms with Gasteiger partial charge in [0, 0.05) is 16.2 Å². The molecule has 0 aliphatic heterocycles. The van der Waals surface area contributed by atoms with Gasteiger partial charge in [-0.25, -0.2) is 0 Å². The Balaban J connectivity index is 1.88. The average Bonchev–Trinajstić information content (AvgIpc) is 3.17. The number of aromatic nitrogens is 2. The predicted octanol–water partition coefficient (Wildman–Crippen LogP) is 4.35. The Morgan fingerprint density at radius 3 is 2.70 bits per heavy atom. The van der Waals surface area contributed by atoms with E-state index in [-0.39, 0.29) is 0 Å². The first-order valence-corrected chi connectivity index (χ1v) is 9.31. The fraction of sp³-hybridized carbons (Fsp3) is 0.238. The molecular formula is C21H23ClN3O2+. The molecule has 0 radical (unpaired) electrons. The standard InChI is InChI=1S/C21H22ClN3O2/c1-26-19-10-8-16(9-11-19)20-24-21(27-25-20)17(6-2-3-12-23)13-15-5-4-7-18(22)14-15/h4-5,7-11,13-14H,2-3,6,12,23H2,1H3/p+1/b17-13+. The summed E-state index contributed by atoms with van der Waals surface area (Å²) in [5, 5.41) is 4.84. The van der Waals surface area contributed by atoms with Gasteiger partial charge in [-0.2, -0.15) is 4.98 Å². The highest BCUT2D eigenvalue weighted by Gasteiger charge is 2.13. The molecule has 2 aromatic carbocycles. The van der Waals surface area contributed by atoms with Gasteiger partial charge in [-0.05, 0) is 67.3 Å². The third kappa shape index (κ3) is 5.18. The summed E-state index contributed by atoms with van der Waals surface area (Å²) in [6.45, 7) is 0.908. The number of hydrogen-bond donors (Lipinski definition) is 1. The molecule has 27 heavy (non-hydrogen) atoms. The van der Waals surface area contributed by atoms with Crippen molar-refractivity contribution in [3.05, 3.63) is 65.0 Å². The zero-order valence-corrected chi connectivity index (χ0v) is 16.1. The summed E-state index contributed by atoms with van der Waals surface area (Å²) in [4.78, 5) is 4.60. The molecule has 1 heterocycles. The zero-order chi connectivity index (χ0) is 19.1. The van der Waals surface area contributed by atoms with Crippen molar-refractivity contribution < 1.29 is 15.0 Å². The van der Waals surface area contributed by atoms with Crippen LogP contribution >= 0.6 is 11.6 Å². The van der Waals surface area contributed by atoms with Crippen LogP contribution in [0.2, 0.25) is 5.02 Å². The molecule has 3 N–H and O–H groups in total. The molecule has 3 rings (SSSR count). The summed E-state index contributed by atoms with van der Waals surface area (Å²) in [6, 6.07) is 15.3. The summed E-state index contributed by atoms with van der Waals surface area (Å²) in [7, 11) is 1.64. The van der Waals surface area contributed by atoms with E-state index in [1.807, 2.05) is 48.5 Å². The summed E-state index contributed by atoms with van der Waals surface area (Å²) in [6.07, 6.45) is 4.95. The highest BCUT2D eigenvalue weighted by molar-refractivity contribution is 6.30. The predicted molar refractivity (Wildman–Crippen MR) is 107 cm³/mol. The Bertz CT molecular complexity index is 904. The van der Waals surface area contributed by atoms with Crippen LogP contribution in [0, 0.1) is 0 Å². The number of allylic oxidation sites excluding steroid dienone is 1. The molecule has 0 saturated heterocycles. The van der Waals surface area contributed by atoms with Gasteiger partial charge in [0.2, 0.25) is 5.82 Å². The number of unbranched alkanes of at least 4 members (excludes halogenated alkanes) is 1. The molecule has 0 bridgehead atoms. The Hall–Kier alpha value is -2.63. The molecule has 1 aromatic heterocycles. The van der Waals surface area contributed by atoms with Crippen LogP contribution in [0.5, 0.6) is 5.75 Å². The fourth-order valence-corrected chi connectivity index (χ4v) is 2.94. The topological polar surface area (TPSA) is 75.8 Å². The number of ether oxygens (including phenoxy) is 1. The van der Waals surface area contributed by atoms with E-state index in [2.05, 4.69) is 22.0 Å². The summed E-state index contributed by atoms with van der Waals surface area (Å²) in [5.41, 5.74) is 6.80. The molecule has 3 aromatic rings. The molecule has 140 valence electrons. The molecule has 0 amide bonds. The van der Waals surface area contributed by atoms with Crippen molar-refractivity contribution >= 4 is 23.3 Å². The number of halogens is 1. The Labute approximate surface area is 163 Å². The maximum atomic E-state index is 6.11. The van der Waals surface area contributed by atoms with Crippen molar-refractivity contribution in [1.82, 2.24) is 10.1 Å². The molecule has 5 nitrogen and oxygen atoms in total. The molecule has 0 atom stereocenters.